The predicted molar refractivity (Wildman–Crippen MR) is 70.2 cm³/mol. The summed E-state index contributed by atoms with van der Waals surface area (Å²) < 4.78 is 10.6. The zero-order chi connectivity index (χ0) is 13.1. The summed E-state index contributed by atoms with van der Waals surface area (Å²) in [7, 11) is 0. The third kappa shape index (κ3) is 2.38. The normalized spacial score (nSPS) is 12.2. The fourth-order valence-electron chi connectivity index (χ4n) is 1.98. The van der Waals surface area contributed by atoms with Crippen molar-refractivity contribution in [2.45, 2.75) is 6.54 Å². The SMILES string of the molecule is O=C(NCc1ccccc1)c1cccc2c1OCO2. The van der Waals surface area contributed by atoms with Crippen LogP contribution >= 0.6 is 0 Å². The van der Waals surface area contributed by atoms with Crippen molar-refractivity contribution in [1.29, 1.82) is 0 Å². The Morgan fingerprint density at radius 3 is 2.74 bits per heavy atom. The first kappa shape index (κ1) is 11.6. The van der Waals surface area contributed by atoms with Crippen LogP contribution in [0.3, 0.4) is 0 Å². The van der Waals surface area contributed by atoms with Crippen LogP contribution in [0.4, 0.5) is 0 Å². The first-order valence-electron chi connectivity index (χ1n) is 6.05. The summed E-state index contributed by atoms with van der Waals surface area (Å²) in [6, 6.07) is 15.1. The van der Waals surface area contributed by atoms with Crippen molar-refractivity contribution in [1.82, 2.24) is 5.32 Å². The minimum atomic E-state index is -0.161. The molecule has 1 amide bonds. The second kappa shape index (κ2) is 5.02. The van der Waals surface area contributed by atoms with Crippen LogP contribution < -0.4 is 14.8 Å². The summed E-state index contributed by atoms with van der Waals surface area (Å²) >= 11 is 0. The van der Waals surface area contributed by atoms with E-state index in [0.717, 1.165) is 5.56 Å². The maximum atomic E-state index is 12.1. The average Bonchev–Trinajstić information content (AvgIpc) is 2.94. The van der Waals surface area contributed by atoms with Crippen molar-refractivity contribution in [3.63, 3.8) is 0 Å². The zero-order valence-electron chi connectivity index (χ0n) is 10.3. The van der Waals surface area contributed by atoms with Gasteiger partial charge in [0.05, 0.1) is 5.56 Å². The minimum Gasteiger partial charge on any atom is -0.454 e. The van der Waals surface area contributed by atoms with E-state index in [1.807, 2.05) is 30.3 Å². The van der Waals surface area contributed by atoms with Gasteiger partial charge in [-0.3, -0.25) is 4.79 Å². The second-order valence-electron chi connectivity index (χ2n) is 4.21. The van der Waals surface area contributed by atoms with E-state index in [1.54, 1.807) is 18.2 Å². The van der Waals surface area contributed by atoms with E-state index in [-0.39, 0.29) is 12.7 Å². The number of nitrogens with one attached hydrogen (secondary N) is 1. The molecule has 0 saturated carbocycles. The molecule has 1 N–H and O–H groups in total. The molecule has 0 aliphatic carbocycles. The van der Waals surface area contributed by atoms with Crippen molar-refractivity contribution in [2.75, 3.05) is 6.79 Å². The molecular formula is C15H13NO3. The third-order valence-electron chi connectivity index (χ3n) is 2.94. The van der Waals surface area contributed by atoms with Gasteiger partial charge in [-0.1, -0.05) is 36.4 Å². The standard InChI is InChI=1S/C15H13NO3/c17-15(16-9-11-5-2-1-3-6-11)12-7-4-8-13-14(12)19-10-18-13/h1-8H,9-10H2,(H,16,17). The molecule has 0 radical (unpaired) electrons. The molecule has 4 nitrogen and oxygen atoms in total. The average molecular weight is 255 g/mol. The van der Waals surface area contributed by atoms with Crippen LogP contribution in [-0.2, 0) is 6.54 Å². The van der Waals surface area contributed by atoms with Gasteiger partial charge in [-0.05, 0) is 17.7 Å². The summed E-state index contributed by atoms with van der Waals surface area (Å²) in [6.07, 6.45) is 0. The molecule has 4 heteroatoms. The molecule has 0 saturated heterocycles. The highest BCUT2D eigenvalue weighted by Gasteiger charge is 2.21. The molecule has 19 heavy (non-hydrogen) atoms. The number of carbonyl (C=O) groups excluding carboxylic acids is 1. The van der Waals surface area contributed by atoms with Gasteiger partial charge in [0.1, 0.15) is 0 Å². The molecule has 1 heterocycles. The highest BCUT2D eigenvalue weighted by atomic mass is 16.7. The lowest BCUT2D eigenvalue weighted by molar-refractivity contribution is 0.0946. The van der Waals surface area contributed by atoms with Crippen LogP contribution in [0, 0.1) is 0 Å². The van der Waals surface area contributed by atoms with Crippen LogP contribution in [0.15, 0.2) is 48.5 Å². The topological polar surface area (TPSA) is 47.6 Å². The van der Waals surface area contributed by atoms with Crippen LogP contribution in [-0.4, -0.2) is 12.7 Å². The quantitative estimate of drug-likeness (QED) is 0.915. The minimum absolute atomic E-state index is 0.161. The lowest BCUT2D eigenvalue weighted by Crippen LogP contribution is -2.23. The van der Waals surface area contributed by atoms with Gasteiger partial charge in [-0.15, -0.1) is 0 Å². The molecule has 0 atom stereocenters. The Labute approximate surface area is 111 Å². The van der Waals surface area contributed by atoms with Crippen molar-refractivity contribution in [2.24, 2.45) is 0 Å². The van der Waals surface area contributed by atoms with Gasteiger partial charge in [0.2, 0.25) is 6.79 Å². The molecule has 0 aromatic heterocycles. The highest BCUT2D eigenvalue weighted by Crippen LogP contribution is 2.35. The van der Waals surface area contributed by atoms with E-state index in [0.29, 0.717) is 23.6 Å². The number of hydrogen-bond donors (Lipinski definition) is 1. The summed E-state index contributed by atoms with van der Waals surface area (Å²) in [5, 5.41) is 2.87. The van der Waals surface area contributed by atoms with Gasteiger partial charge in [0, 0.05) is 6.54 Å². The summed E-state index contributed by atoms with van der Waals surface area (Å²) in [5.41, 5.74) is 1.56. The lowest BCUT2D eigenvalue weighted by atomic mass is 10.1. The molecule has 0 unspecified atom stereocenters. The molecule has 1 aliphatic rings. The molecule has 0 spiro atoms. The van der Waals surface area contributed by atoms with Gasteiger partial charge in [-0.2, -0.15) is 0 Å². The van der Waals surface area contributed by atoms with Crippen LogP contribution in [0.5, 0.6) is 11.5 Å². The number of rotatable bonds is 3. The molecule has 1 aliphatic heterocycles. The van der Waals surface area contributed by atoms with E-state index in [2.05, 4.69) is 5.32 Å². The van der Waals surface area contributed by atoms with Crippen molar-refractivity contribution >= 4 is 5.91 Å². The van der Waals surface area contributed by atoms with Crippen molar-refractivity contribution in [3.8, 4) is 11.5 Å². The van der Waals surface area contributed by atoms with Crippen LogP contribution in [0.1, 0.15) is 15.9 Å². The summed E-state index contributed by atoms with van der Waals surface area (Å²) in [4.78, 5) is 12.1. The first-order chi connectivity index (χ1) is 9.34. The van der Waals surface area contributed by atoms with E-state index < -0.39 is 0 Å². The van der Waals surface area contributed by atoms with Gasteiger partial charge < -0.3 is 14.8 Å². The molecule has 96 valence electrons. The molecular weight excluding hydrogens is 242 g/mol. The van der Waals surface area contributed by atoms with E-state index >= 15 is 0 Å². The molecule has 0 fully saturated rings. The predicted octanol–water partition coefficient (Wildman–Crippen LogP) is 2.35. The van der Waals surface area contributed by atoms with Crippen LogP contribution in [0.25, 0.3) is 0 Å². The van der Waals surface area contributed by atoms with Gasteiger partial charge in [0.15, 0.2) is 11.5 Å². The first-order valence-corrected chi connectivity index (χ1v) is 6.05. The number of para-hydroxylation sites is 1. The molecule has 3 rings (SSSR count). The Morgan fingerprint density at radius 1 is 1.05 bits per heavy atom. The smallest absolute Gasteiger partial charge is 0.255 e. The fourth-order valence-corrected chi connectivity index (χ4v) is 1.98. The number of amides is 1. The molecule has 2 aromatic rings. The number of fused-ring (bicyclic) bond motifs is 1. The second-order valence-corrected chi connectivity index (χ2v) is 4.21. The Hall–Kier alpha value is -2.49. The molecule has 0 bridgehead atoms. The van der Waals surface area contributed by atoms with E-state index in [1.165, 1.54) is 0 Å². The van der Waals surface area contributed by atoms with Gasteiger partial charge in [0.25, 0.3) is 5.91 Å². The Balaban J connectivity index is 1.73. The third-order valence-corrected chi connectivity index (χ3v) is 2.94. The van der Waals surface area contributed by atoms with Gasteiger partial charge >= 0.3 is 0 Å². The number of benzene rings is 2. The zero-order valence-corrected chi connectivity index (χ0v) is 10.3. The largest absolute Gasteiger partial charge is 0.454 e. The van der Waals surface area contributed by atoms with Gasteiger partial charge in [-0.25, -0.2) is 0 Å². The number of carbonyl (C=O) groups is 1. The summed E-state index contributed by atoms with van der Waals surface area (Å²) in [6.45, 7) is 0.655. The van der Waals surface area contributed by atoms with E-state index in [4.69, 9.17) is 9.47 Å². The lowest BCUT2D eigenvalue weighted by Gasteiger charge is -2.07. The highest BCUT2D eigenvalue weighted by molar-refractivity contribution is 5.97. The van der Waals surface area contributed by atoms with Crippen molar-refractivity contribution in [3.05, 3.63) is 59.7 Å². The fraction of sp³-hybridized carbons (Fsp3) is 0.133. The van der Waals surface area contributed by atoms with E-state index in [9.17, 15) is 4.79 Å². The Bertz CT molecular complexity index is 596. The molecule has 2 aromatic carbocycles. The van der Waals surface area contributed by atoms with Crippen molar-refractivity contribution < 1.29 is 14.3 Å². The van der Waals surface area contributed by atoms with Crippen LogP contribution in [0.2, 0.25) is 0 Å². The monoisotopic (exact) mass is 255 g/mol. The summed E-state index contributed by atoms with van der Waals surface area (Å²) in [5.74, 6) is 0.978. The number of ether oxygens (including phenoxy) is 2. The Morgan fingerprint density at radius 2 is 1.89 bits per heavy atom. The maximum Gasteiger partial charge on any atom is 0.255 e. The Kier molecular flexibility index (Phi) is 3.06. The maximum absolute atomic E-state index is 12.1. The number of hydrogen-bond acceptors (Lipinski definition) is 3.